The van der Waals surface area contributed by atoms with E-state index in [-0.39, 0.29) is 10.6 Å². The van der Waals surface area contributed by atoms with Crippen molar-refractivity contribution in [3.05, 3.63) is 31.9 Å². The van der Waals surface area contributed by atoms with Crippen LogP contribution in [-0.2, 0) is 0 Å². The lowest BCUT2D eigenvalue weighted by Gasteiger charge is -2.16. The van der Waals surface area contributed by atoms with E-state index in [1.165, 1.54) is 6.42 Å². The Kier molecular flexibility index (Phi) is 5.84. The molecule has 0 aromatic heterocycles. The van der Waals surface area contributed by atoms with Crippen LogP contribution in [0.2, 0.25) is 0 Å². The molecule has 1 unspecified atom stereocenters. The van der Waals surface area contributed by atoms with E-state index in [2.05, 4.69) is 26.1 Å². The summed E-state index contributed by atoms with van der Waals surface area (Å²) in [7, 11) is 0. The number of rotatable bonds is 6. The fraction of sp³-hybridized carbons (Fsp3) is 0.538. The molecule has 0 amide bonds. The highest BCUT2D eigenvalue weighted by Gasteiger charge is 2.12. The molecule has 0 fully saturated rings. The quantitative estimate of drug-likeness (QED) is 0.463. The third kappa shape index (κ3) is 4.80. The Labute approximate surface area is 121 Å². The van der Waals surface area contributed by atoms with Crippen molar-refractivity contribution in [2.75, 3.05) is 5.32 Å². The molecule has 0 spiro atoms. The van der Waals surface area contributed by atoms with Crippen molar-refractivity contribution in [1.29, 1.82) is 0 Å². The highest BCUT2D eigenvalue weighted by molar-refractivity contribution is 14.1. The molecule has 0 radical (unpaired) electrons. The normalized spacial score (nSPS) is 12.5. The number of hydrogen-bond acceptors (Lipinski definition) is 3. The van der Waals surface area contributed by atoms with Gasteiger partial charge in [0.2, 0.25) is 0 Å². The molecule has 5 heteroatoms. The number of halogens is 1. The van der Waals surface area contributed by atoms with Gasteiger partial charge < -0.3 is 5.32 Å². The number of anilines is 1. The number of nitrogens with one attached hydrogen (secondary N) is 1. The number of nitro groups is 1. The van der Waals surface area contributed by atoms with Crippen LogP contribution in [-0.4, -0.2) is 11.0 Å². The first-order chi connectivity index (χ1) is 8.40. The highest BCUT2D eigenvalue weighted by atomic mass is 127. The predicted octanol–water partition coefficient (Wildman–Crippen LogP) is 4.44. The van der Waals surface area contributed by atoms with Crippen LogP contribution in [0.3, 0.4) is 0 Å². The van der Waals surface area contributed by atoms with Gasteiger partial charge in [0.05, 0.1) is 8.49 Å². The maximum Gasteiger partial charge on any atom is 0.282 e. The number of hydrogen-bond donors (Lipinski definition) is 1. The molecular weight excluding hydrogens is 343 g/mol. The molecule has 0 aliphatic heterocycles. The highest BCUT2D eigenvalue weighted by Crippen LogP contribution is 2.24. The van der Waals surface area contributed by atoms with Crippen molar-refractivity contribution < 1.29 is 4.92 Å². The second-order valence-corrected chi connectivity index (χ2v) is 6.10. The molecule has 4 nitrogen and oxygen atoms in total. The van der Waals surface area contributed by atoms with E-state index < -0.39 is 0 Å². The van der Waals surface area contributed by atoms with Gasteiger partial charge >= 0.3 is 0 Å². The summed E-state index contributed by atoms with van der Waals surface area (Å²) in [5.74, 6) is 0.700. The summed E-state index contributed by atoms with van der Waals surface area (Å²) >= 11 is 2.00. The smallest absolute Gasteiger partial charge is 0.282 e. The van der Waals surface area contributed by atoms with Gasteiger partial charge in [-0.1, -0.05) is 13.8 Å². The van der Waals surface area contributed by atoms with Gasteiger partial charge in [0.25, 0.3) is 5.69 Å². The Morgan fingerprint density at radius 1 is 1.33 bits per heavy atom. The molecule has 0 heterocycles. The van der Waals surface area contributed by atoms with Gasteiger partial charge in [-0.2, -0.15) is 0 Å². The molecule has 0 saturated heterocycles. The van der Waals surface area contributed by atoms with Gasteiger partial charge in [-0.05, 0) is 60.4 Å². The molecule has 18 heavy (non-hydrogen) atoms. The fourth-order valence-electron chi connectivity index (χ4n) is 1.68. The zero-order chi connectivity index (χ0) is 13.7. The van der Waals surface area contributed by atoms with E-state index in [1.807, 2.05) is 28.7 Å². The fourth-order valence-corrected chi connectivity index (χ4v) is 2.40. The van der Waals surface area contributed by atoms with Crippen molar-refractivity contribution >= 4 is 34.0 Å². The predicted molar refractivity (Wildman–Crippen MR) is 83.0 cm³/mol. The van der Waals surface area contributed by atoms with Crippen LogP contribution < -0.4 is 5.32 Å². The minimum absolute atomic E-state index is 0.163. The van der Waals surface area contributed by atoms with Crippen LogP contribution >= 0.6 is 22.6 Å². The van der Waals surface area contributed by atoms with Gasteiger partial charge in [0.15, 0.2) is 0 Å². The van der Waals surface area contributed by atoms with E-state index in [1.54, 1.807) is 12.1 Å². The molecule has 0 aliphatic carbocycles. The lowest BCUT2D eigenvalue weighted by molar-refractivity contribution is -0.385. The van der Waals surface area contributed by atoms with Gasteiger partial charge in [0, 0.05) is 17.8 Å². The lowest BCUT2D eigenvalue weighted by Crippen LogP contribution is -2.15. The maximum atomic E-state index is 10.7. The van der Waals surface area contributed by atoms with E-state index in [0.717, 1.165) is 12.1 Å². The van der Waals surface area contributed by atoms with Crippen molar-refractivity contribution in [2.45, 2.75) is 39.7 Å². The zero-order valence-electron chi connectivity index (χ0n) is 10.9. The Hall–Kier alpha value is -0.850. The van der Waals surface area contributed by atoms with Crippen LogP contribution in [0.4, 0.5) is 11.4 Å². The van der Waals surface area contributed by atoms with Crippen LogP contribution in [0.15, 0.2) is 18.2 Å². The number of benzene rings is 1. The van der Waals surface area contributed by atoms with Crippen LogP contribution in [0.5, 0.6) is 0 Å². The van der Waals surface area contributed by atoms with Crippen LogP contribution in [0.25, 0.3) is 0 Å². The van der Waals surface area contributed by atoms with Gasteiger partial charge in [-0.15, -0.1) is 0 Å². The van der Waals surface area contributed by atoms with Crippen molar-refractivity contribution in [2.24, 2.45) is 5.92 Å². The largest absolute Gasteiger partial charge is 0.383 e. The zero-order valence-corrected chi connectivity index (χ0v) is 13.1. The number of nitrogens with zero attached hydrogens (tertiary/aromatic N) is 1. The first kappa shape index (κ1) is 15.2. The van der Waals surface area contributed by atoms with Gasteiger partial charge in [0.1, 0.15) is 0 Å². The molecule has 100 valence electrons. The second-order valence-electron chi connectivity index (χ2n) is 4.94. The second kappa shape index (κ2) is 6.92. The van der Waals surface area contributed by atoms with Crippen molar-refractivity contribution in [3.63, 3.8) is 0 Å². The minimum Gasteiger partial charge on any atom is -0.383 e. The summed E-state index contributed by atoms with van der Waals surface area (Å²) in [6.07, 6.45) is 2.28. The summed E-state index contributed by atoms with van der Waals surface area (Å²) in [5, 5.41) is 14.1. The van der Waals surface area contributed by atoms with Crippen LogP contribution in [0, 0.1) is 19.6 Å². The SMILES string of the molecule is CC(C)CCC(C)Nc1ccc([N+](=O)[O-])c(I)c1. The first-order valence-electron chi connectivity index (χ1n) is 6.10. The third-order valence-corrected chi connectivity index (χ3v) is 3.60. The molecule has 1 atom stereocenters. The van der Waals surface area contributed by atoms with E-state index in [4.69, 9.17) is 0 Å². The molecule has 1 aromatic carbocycles. The summed E-state index contributed by atoms with van der Waals surface area (Å²) in [6.45, 7) is 6.56. The topological polar surface area (TPSA) is 55.2 Å². The average Bonchev–Trinajstić information content (AvgIpc) is 2.26. The van der Waals surface area contributed by atoms with Gasteiger partial charge in [-0.25, -0.2) is 0 Å². The van der Waals surface area contributed by atoms with E-state index in [9.17, 15) is 10.1 Å². The van der Waals surface area contributed by atoms with Crippen LogP contribution in [0.1, 0.15) is 33.6 Å². The molecule has 1 rings (SSSR count). The monoisotopic (exact) mass is 362 g/mol. The van der Waals surface area contributed by atoms with Crippen molar-refractivity contribution in [3.8, 4) is 0 Å². The minimum atomic E-state index is -0.353. The summed E-state index contributed by atoms with van der Waals surface area (Å²) in [5.41, 5.74) is 1.11. The summed E-state index contributed by atoms with van der Waals surface area (Å²) in [4.78, 5) is 10.4. The number of nitro benzene ring substituents is 1. The first-order valence-corrected chi connectivity index (χ1v) is 7.18. The average molecular weight is 362 g/mol. The lowest BCUT2D eigenvalue weighted by atomic mass is 10.0. The molecule has 0 saturated carbocycles. The van der Waals surface area contributed by atoms with E-state index in [0.29, 0.717) is 15.5 Å². The Morgan fingerprint density at radius 3 is 2.50 bits per heavy atom. The van der Waals surface area contributed by atoms with Crippen molar-refractivity contribution in [1.82, 2.24) is 0 Å². The Morgan fingerprint density at radius 2 is 2.00 bits per heavy atom. The molecule has 0 aliphatic rings. The molecular formula is C13H19IN2O2. The third-order valence-electron chi connectivity index (χ3n) is 2.73. The molecule has 0 bridgehead atoms. The standard InChI is InChI=1S/C13H19IN2O2/c1-9(2)4-5-10(3)15-11-6-7-13(16(17)18)12(14)8-11/h6-10,15H,4-5H2,1-3H3. The Balaban J connectivity index is 2.63. The summed E-state index contributed by atoms with van der Waals surface area (Å²) in [6, 6.07) is 5.53. The van der Waals surface area contributed by atoms with E-state index >= 15 is 0 Å². The Bertz CT molecular complexity index is 421. The molecule has 1 N–H and O–H groups in total. The molecule has 1 aromatic rings. The van der Waals surface area contributed by atoms with Gasteiger partial charge in [-0.3, -0.25) is 10.1 Å². The maximum absolute atomic E-state index is 10.7. The summed E-state index contributed by atoms with van der Waals surface area (Å²) < 4.78 is 0.665.